The number of methoxy groups -OCH3 is 1. The van der Waals surface area contributed by atoms with Crippen LogP contribution in [0.1, 0.15) is 18.2 Å². The van der Waals surface area contributed by atoms with Crippen LogP contribution in [0.2, 0.25) is 0 Å². The number of ether oxygens (including phenoxy) is 2. The number of hydrogen-bond acceptors (Lipinski definition) is 10. The molecular weight excluding hydrogens is 492 g/mol. The minimum atomic E-state index is -1.38. The van der Waals surface area contributed by atoms with Gasteiger partial charge in [-0.25, -0.2) is 9.67 Å². The number of carbonyl (C=O) groups excluding carboxylic acids is 1. The molecule has 13 heteroatoms. The Bertz CT molecular complexity index is 1670. The first-order chi connectivity index (χ1) is 18.2. The van der Waals surface area contributed by atoms with Crippen LogP contribution in [0.3, 0.4) is 0 Å². The zero-order valence-electron chi connectivity index (χ0n) is 21.0. The molecule has 1 unspecified atom stereocenters. The van der Waals surface area contributed by atoms with Gasteiger partial charge in [0, 0.05) is 0 Å². The second-order valence-corrected chi connectivity index (χ2v) is 9.55. The van der Waals surface area contributed by atoms with Gasteiger partial charge in [-0.1, -0.05) is 12.1 Å². The molecule has 0 aliphatic carbocycles. The Labute approximate surface area is 216 Å². The molecule has 0 spiro atoms. The van der Waals surface area contributed by atoms with Gasteiger partial charge in [-0.2, -0.15) is 14.6 Å². The number of anilines is 1. The minimum absolute atomic E-state index is 0.0205. The minimum Gasteiger partial charge on any atom is -0.497 e. The average molecular weight is 519 g/mol. The van der Waals surface area contributed by atoms with Gasteiger partial charge in [-0.15, -0.1) is 5.10 Å². The molecule has 1 aliphatic heterocycles. The van der Waals surface area contributed by atoms with Crippen molar-refractivity contribution in [2.45, 2.75) is 25.0 Å². The molecule has 0 saturated carbocycles. The number of hydrogen-bond donors (Lipinski definition) is 3. The largest absolute Gasteiger partial charge is 0.497 e. The highest BCUT2D eigenvalue weighted by atomic mass is 16.5. The van der Waals surface area contributed by atoms with Crippen molar-refractivity contribution in [3.05, 3.63) is 53.9 Å². The number of rotatable bonds is 7. The van der Waals surface area contributed by atoms with Gasteiger partial charge in [0.2, 0.25) is 11.8 Å². The lowest BCUT2D eigenvalue weighted by Crippen LogP contribution is -2.59. The molecule has 5 aromatic rings. The lowest BCUT2D eigenvalue weighted by atomic mass is 9.90. The Balaban J connectivity index is 1.49. The summed E-state index contributed by atoms with van der Waals surface area (Å²) >= 11 is 0. The molecule has 1 aromatic carbocycles. The summed E-state index contributed by atoms with van der Waals surface area (Å²) in [4.78, 5) is 23.0. The van der Waals surface area contributed by atoms with E-state index < -0.39 is 17.0 Å². The second kappa shape index (κ2) is 8.53. The van der Waals surface area contributed by atoms with E-state index >= 15 is 0 Å². The summed E-state index contributed by atoms with van der Waals surface area (Å²) in [7, 11) is 1.57. The summed E-state index contributed by atoms with van der Waals surface area (Å²) in [5.74, 6) is 1.86. The summed E-state index contributed by atoms with van der Waals surface area (Å²) < 4.78 is 19.0. The molecule has 1 fully saturated rings. The fourth-order valence-electron chi connectivity index (χ4n) is 4.52. The third-order valence-corrected chi connectivity index (χ3v) is 6.83. The van der Waals surface area contributed by atoms with Crippen molar-refractivity contribution in [1.29, 1.82) is 0 Å². The van der Waals surface area contributed by atoms with Crippen LogP contribution in [0.15, 0.2) is 47.0 Å². The predicted molar refractivity (Wildman–Crippen MR) is 135 cm³/mol. The van der Waals surface area contributed by atoms with E-state index in [4.69, 9.17) is 19.6 Å². The molecule has 0 radical (unpaired) electrons. The fourth-order valence-corrected chi connectivity index (χ4v) is 4.52. The van der Waals surface area contributed by atoms with Gasteiger partial charge in [0.25, 0.3) is 5.91 Å². The third-order valence-electron chi connectivity index (χ3n) is 6.83. The van der Waals surface area contributed by atoms with Crippen molar-refractivity contribution >= 4 is 28.5 Å². The molecule has 196 valence electrons. The summed E-state index contributed by atoms with van der Waals surface area (Å²) in [6.45, 7) is 3.88. The van der Waals surface area contributed by atoms with E-state index in [1.807, 2.05) is 13.0 Å². The van der Waals surface area contributed by atoms with E-state index in [-0.39, 0.29) is 25.7 Å². The van der Waals surface area contributed by atoms with Gasteiger partial charge in [0.05, 0.1) is 38.5 Å². The standard InChI is InChI=1S/C25H26N8O5/c1-14-4-9-18(38-14)19-29-20-17-10-28-33(21(17)30-23(26)32(20)31-19)24(2,15-5-7-16(36-3)8-6-15)22(34)27-11-25(35)12-37-13-25/h4-10,35H,11-13H2,1-3H3,(H2,26,30)(H,27,34). The molecule has 4 aromatic heterocycles. The lowest BCUT2D eigenvalue weighted by Gasteiger charge is -2.38. The van der Waals surface area contributed by atoms with Crippen molar-refractivity contribution in [1.82, 2.24) is 34.7 Å². The van der Waals surface area contributed by atoms with Gasteiger partial charge in [-0.3, -0.25) is 4.79 Å². The third kappa shape index (κ3) is 3.66. The van der Waals surface area contributed by atoms with Crippen LogP contribution in [-0.2, 0) is 15.1 Å². The van der Waals surface area contributed by atoms with E-state index in [0.29, 0.717) is 39.6 Å². The Kier molecular flexibility index (Phi) is 5.36. The fraction of sp³-hybridized carbons (Fsp3) is 0.320. The number of nitrogens with two attached hydrogens (primary N) is 1. The number of carbonyl (C=O) groups is 1. The maximum atomic E-state index is 13.8. The zero-order valence-corrected chi connectivity index (χ0v) is 21.0. The molecule has 1 saturated heterocycles. The Morgan fingerprint density at radius 2 is 1.97 bits per heavy atom. The summed E-state index contributed by atoms with van der Waals surface area (Å²) in [5, 5.41) is 22.9. The van der Waals surface area contributed by atoms with Crippen LogP contribution >= 0.6 is 0 Å². The van der Waals surface area contributed by atoms with E-state index in [1.54, 1.807) is 50.6 Å². The number of benzene rings is 1. The number of furan rings is 1. The van der Waals surface area contributed by atoms with Gasteiger partial charge in [0.15, 0.2) is 22.6 Å². The lowest BCUT2D eigenvalue weighted by molar-refractivity contribution is -0.176. The molecule has 6 rings (SSSR count). The van der Waals surface area contributed by atoms with Gasteiger partial charge >= 0.3 is 0 Å². The Morgan fingerprint density at radius 3 is 2.61 bits per heavy atom. The van der Waals surface area contributed by atoms with E-state index in [9.17, 15) is 9.90 Å². The first-order valence-corrected chi connectivity index (χ1v) is 11.9. The number of fused-ring (bicyclic) bond motifs is 3. The molecule has 0 bridgehead atoms. The highest BCUT2D eigenvalue weighted by Gasteiger charge is 2.43. The van der Waals surface area contributed by atoms with E-state index in [1.165, 1.54) is 9.20 Å². The van der Waals surface area contributed by atoms with Crippen LogP contribution in [0.25, 0.3) is 28.3 Å². The summed E-state index contributed by atoms with van der Waals surface area (Å²) in [6, 6.07) is 10.7. The number of aryl methyl sites for hydroxylation is 1. The Morgan fingerprint density at radius 1 is 1.21 bits per heavy atom. The zero-order chi connectivity index (χ0) is 26.7. The molecule has 5 heterocycles. The van der Waals surface area contributed by atoms with Crippen molar-refractivity contribution in [3.8, 4) is 17.3 Å². The first kappa shape index (κ1) is 23.9. The number of aliphatic hydroxyl groups is 1. The van der Waals surface area contributed by atoms with Crippen molar-refractivity contribution < 1.29 is 23.8 Å². The van der Waals surface area contributed by atoms with Crippen molar-refractivity contribution in [2.75, 3.05) is 32.6 Å². The quantitative estimate of drug-likeness (QED) is 0.285. The molecule has 1 atom stereocenters. The number of aromatic nitrogens is 6. The number of nitrogen functional groups attached to an aromatic ring is 1. The maximum absolute atomic E-state index is 13.8. The molecule has 13 nitrogen and oxygen atoms in total. The average Bonchev–Trinajstić information content (AvgIpc) is 3.64. The maximum Gasteiger partial charge on any atom is 0.252 e. The summed E-state index contributed by atoms with van der Waals surface area (Å²) in [5.41, 5.74) is 5.18. The van der Waals surface area contributed by atoms with Gasteiger partial charge < -0.3 is 30.0 Å². The van der Waals surface area contributed by atoms with Crippen LogP contribution in [0, 0.1) is 6.92 Å². The highest BCUT2D eigenvalue weighted by Crippen LogP contribution is 2.33. The predicted octanol–water partition coefficient (Wildman–Crippen LogP) is 1.27. The van der Waals surface area contributed by atoms with Crippen LogP contribution in [0.4, 0.5) is 5.95 Å². The van der Waals surface area contributed by atoms with E-state index in [0.717, 1.165) is 5.76 Å². The number of amides is 1. The molecule has 4 N–H and O–H groups in total. The smallest absolute Gasteiger partial charge is 0.252 e. The first-order valence-electron chi connectivity index (χ1n) is 11.9. The SMILES string of the molecule is COc1ccc(C(C)(C(=O)NCC2(O)COC2)n2ncc3c2nc(N)n2nc(-c4ccc(C)o4)nc32)cc1. The summed E-state index contributed by atoms with van der Waals surface area (Å²) in [6.07, 6.45) is 1.57. The van der Waals surface area contributed by atoms with Crippen molar-refractivity contribution in [3.63, 3.8) is 0 Å². The number of nitrogens with zero attached hydrogens (tertiary/aromatic N) is 6. The van der Waals surface area contributed by atoms with Crippen LogP contribution in [-0.4, -0.2) is 72.8 Å². The number of nitrogens with one attached hydrogen (secondary N) is 1. The Hall–Kier alpha value is -4.49. The van der Waals surface area contributed by atoms with E-state index in [2.05, 4.69) is 25.5 Å². The van der Waals surface area contributed by atoms with Crippen LogP contribution < -0.4 is 15.8 Å². The molecule has 1 aliphatic rings. The molecule has 38 heavy (non-hydrogen) atoms. The topological polar surface area (TPSA) is 168 Å². The monoisotopic (exact) mass is 518 g/mol. The molecule has 1 amide bonds. The second-order valence-electron chi connectivity index (χ2n) is 9.55. The van der Waals surface area contributed by atoms with Crippen molar-refractivity contribution in [2.24, 2.45) is 0 Å². The van der Waals surface area contributed by atoms with Gasteiger partial charge in [-0.05, 0) is 43.7 Å². The highest BCUT2D eigenvalue weighted by molar-refractivity contribution is 5.94. The van der Waals surface area contributed by atoms with Gasteiger partial charge in [0.1, 0.15) is 17.1 Å². The normalized spacial score (nSPS) is 16.3. The van der Waals surface area contributed by atoms with Crippen LogP contribution in [0.5, 0.6) is 5.75 Å². The molecular formula is C25H26N8O5.